The number of rotatable bonds is 4. The van der Waals surface area contributed by atoms with Crippen LogP contribution < -0.4 is 11.1 Å². The molecule has 7 nitrogen and oxygen atoms in total. The molecular formula is C23H18ClN5O2S. The molecule has 160 valence electrons. The Kier molecular flexibility index (Phi) is 5.42. The fourth-order valence-electron chi connectivity index (χ4n) is 3.79. The highest BCUT2D eigenvalue weighted by Gasteiger charge is 2.21. The third-order valence-corrected chi connectivity index (χ3v) is 6.21. The van der Waals surface area contributed by atoms with Crippen LogP contribution in [0.25, 0.3) is 22.2 Å². The molecule has 0 fully saturated rings. The van der Waals surface area contributed by atoms with Crippen molar-refractivity contribution in [2.75, 3.05) is 11.1 Å². The van der Waals surface area contributed by atoms with Gasteiger partial charge in [0.05, 0.1) is 18.2 Å². The predicted molar refractivity (Wildman–Crippen MR) is 126 cm³/mol. The molecule has 1 aromatic heterocycles. The van der Waals surface area contributed by atoms with E-state index in [0.29, 0.717) is 29.2 Å². The average molecular weight is 464 g/mol. The summed E-state index contributed by atoms with van der Waals surface area (Å²) in [6.45, 7) is 2.54. The van der Waals surface area contributed by atoms with E-state index in [1.54, 1.807) is 0 Å². The Morgan fingerprint density at radius 3 is 2.66 bits per heavy atom. The number of nitrogens with zero attached hydrogens (tertiary/aromatic N) is 3. The van der Waals surface area contributed by atoms with E-state index < -0.39 is 0 Å². The fraction of sp³-hybridized carbons (Fsp3) is 0.130. The smallest absolute Gasteiger partial charge is 0.224 e. The van der Waals surface area contributed by atoms with Crippen molar-refractivity contribution in [3.63, 3.8) is 0 Å². The summed E-state index contributed by atoms with van der Waals surface area (Å²) in [6.07, 6.45) is 0. The second-order valence-corrected chi connectivity index (χ2v) is 8.78. The molecule has 1 aliphatic heterocycles. The van der Waals surface area contributed by atoms with Gasteiger partial charge in [0.2, 0.25) is 11.9 Å². The van der Waals surface area contributed by atoms with Crippen LogP contribution in [0.5, 0.6) is 0 Å². The molecule has 0 unspecified atom stereocenters. The van der Waals surface area contributed by atoms with E-state index in [-0.39, 0.29) is 11.9 Å². The molecule has 9 heteroatoms. The zero-order valence-corrected chi connectivity index (χ0v) is 18.6. The topological polar surface area (TPSA) is 103 Å². The Balaban J connectivity index is 1.55. The van der Waals surface area contributed by atoms with Crippen LogP contribution >= 0.6 is 23.4 Å². The van der Waals surface area contributed by atoms with Crippen molar-refractivity contribution >= 4 is 51.7 Å². The van der Waals surface area contributed by atoms with Crippen molar-refractivity contribution in [2.24, 2.45) is 0 Å². The highest BCUT2D eigenvalue weighted by atomic mass is 35.5. The molecule has 5 rings (SSSR count). The summed E-state index contributed by atoms with van der Waals surface area (Å²) in [6, 6.07) is 15.4. The number of nitrogens with two attached hydrogens (primary N) is 1. The van der Waals surface area contributed by atoms with Gasteiger partial charge in [-0.15, -0.1) is 0 Å². The highest BCUT2D eigenvalue weighted by Crippen LogP contribution is 2.40. The minimum Gasteiger partial charge on any atom is -0.372 e. The monoisotopic (exact) mass is 463 g/mol. The molecule has 0 bridgehead atoms. The van der Waals surface area contributed by atoms with Gasteiger partial charge < -0.3 is 15.8 Å². The number of amides is 1. The number of nitrogen functional groups attached to an aromatic ring is 1. The molecule has 1 amide bonds. The Morgan fingerprint density at radius 1 is 1.09 bits per heavy atom. The minimum absolute atomic E-state index is 0.118. The number of halogens is 1. The van der Waals surface area contributed by atoms with Gasteiger partial charge in [-0.1, -0.05) is 29.8 Å². The van der Waals surface area contributed by atoms with Gasteiger partial charge in [0.25, 0.3) is 0 Å². The van der Waals surface area contributed by atoms with Crippen molar-refractivity contribution < 1.29 is 9.53 Å². The van der Waals surface area contributed by atoms with Crippen molar-refractivity contribution in [3.8, 4) is 11.4 Å². The Morgan fingerprint density at radius 2 is 1.88 bits per heavy atom. The Bertz CT molecular complexity index is 1360. The van der Waals surface area contributed by atoms with Gasteiger partial charge >= 0.3 is 0 Å². The lowest BCUT2D eigenvalue weighted by Crippen LogP contribution is -2.06. The number of nitrogens with one attached hydrogen (secondary N) is 1. The lowest BCUT2D eigenvalue weighted by Gasteiger charge is -2.20. The molecular weight excluding hydrogens is 446 g/mol. The maximum atomic E-state index is 11.2. The summed E-state index contributed by atoms with van der Waals surface area (Å²) in [5.41, 5.74) is 9.64. The van der Waals surface area contributed by atoms with E-state index >= 15 is 0 Å². The molecule has 4 aromatic rings. The van der Waals surface area contributed by atoms with Crippen molar-refractivity contribution in [3.05, 3.63) is 64.7 Å². The van der Waals surface area contributed by atoms with Crippen LogP contribution in [0.2, 0.25) is 5.02 Å². The number of ether oxygens (including phenoxy) is 1. The number of hydrogen-bond acceptors (Lipinski definition) is 7. The van der Waals surface area contributed by atoms with Crippen molar-refractivity contribution in [1.82, 2.24) is 15.0 Å². The number of carbonyl (C=O) groups excluding carboxylic acids is 1. The first-order chi connectivity index (χ1) is 15.5. The van der Waals surface area contributed by atoms with E-state index in [9.17, 15) is 4.79 Å². The normalized spacial score (nSPS) is 12.7. The van der Waals surface area contributed by atoms with Gasteiger partial charge in [-0.05, 0) is 64.0 Å². The van der Waals surface area contributed by atoms with Crippen LogP contribution in [-0.4, -0.2) is 20.9 Å². The third-order valence-electron chi connectivity index (χ3n) is 5.04. The van der Waals surface area contributed by atoms with Crippen molar-refractivity contribution in [1.29, 1.82) is 0 Å². The molecule has 0 spiro atoms. The fourth-order valence-corrected chi connectivity index (χ4v) is 4.86. The first kappa shape index (κ1) is 20.7. The molecule has 0 atom stereocenters. The first-order valence-corrected chi connectivity index (χ1v) is 11.1. The van der Waals surface area contributed by atoms with Crippen LogP contribution in [0.15, 0.2) is 58.6 Å². The maximum Gasteiger partial charge on any atom is 0.224 e. The van der Waals surface area contributed by atoms with E-state index in [4.69, 9.17) is 22.1 Å². The highest BCUT2D eigenvalue weighted by molar-refractivity contribution is 7.99. The SMILES string of the molecule is CC(=O)Nc1ccc(Sc2nc(N)nc(-c3c(Cl)cc4c5c(cccc35)COC4)n2)cc1. The summed E-state index contributed by atoms with van der Waals surface area (Å²) in [7, 11) is 0. The van der Waals surface area contributed by atoms with Gasteiger partial charge in [0.1, 0.15) is 0 Å². The molecule has 0 saturated heterocycles. The first-order valence-electron chi connectivity index (χ1n) is 9.86. The molecule has 0 radical (unpaired) electrons. The van der Waals surface area contributed by atoms with E-state index in [0.717, 1.165) is 38.0 Å². The largest absolute Gasteiger partial charge is 0.372 e. The number of carbonyl (C=O) groups is 1. The van der Waals surface area contributed by atoms with E-state index in [2.05, 4.69) is 26.3 Å². The molecule has 3 aromatic carbocycles. The number of hydrogen-bond donors (Lipinski definition) is 2. The van der Waals surface area contributed by atoms with Crippen LogP contribution in [0.3, 0.4) is 0 Å². The Labute approximate surface area is 193 Å². The predicted octanol–water partition coefficient (Wildman–Crippen LogP) is 5.07. The second kappa shape index (κ2) is 8.38. The number of aromatic nitrogens is 3. The van der Waals surface area contributed by atoms with Crippen molar-refractivity contribution in [2.45, 2.75) is 30.2 Å². The minimum atomic E-state index is -0.121. The van der Waals surface area contributed by atoms with Crippen LogP contribution in [0.4, 0.5) is 11.6 Å². The van der Waals surface area contributed by atoms with Gasteiger partial charge in [-0.25, -0.2) is 4.98 Å². The van der Waals surface area contributed by atoms with Crippen LogP contribution in [0.1, 0.15) is 18.1 Å². The summed E-state index contributed by atoms with van der Waals surface area (Å²) in [5, 5.41) is 5.83. The van der Waals surface area contributed by atoms with Gasteiger partial charge in [0.15, 0.2) is 11.0 Å². The zero-order chi connectivity index (χ0) is 22.2. The second-order valence-electron chi connectivity index (χ2n) is 7.33. The molecule has 1 aliphatic rings. The average Bonchev–Trinajstić information content (AvgIpc) is 2.75. The van der Waals surface area contributed by atoms with Crippen LogP contribution in [0, 0.1) is 0 Å². The maximum absolute atomic E-state index is 11.2. The van der Waals surface area contributed by atoms with E-state index in [1.165, 1.54) is 18.7 Å². The lowest BCUT2D eigenvalue weighted by atomic mass is 9.94. The van der Waals surface area contributed by atoms with E-state index in [1.807, 2.05) is 42.5 Å². The molecule has 32 heavy (non-hydrogen) atoms. The van der Waals surface area contributed by atoms with Gasteiger partial charge in [0, 0.05) is 23.1 Å². The third kappa shape index (κ3) is 4.00. The standard InChI is InChI=1S/C23H18ClN5O2S/c1-12(30)26-15-5-7-16(8-6-15)32-23-28-21(27-22(25)29-23)20-17-4-2-3-13-10-31-11-14(19(13)17)9-18(20)24/h2-9H,10-11H2,1H3,(H,26,30)(H2,25,27,28,29). The molecule has 0 saturated carbocycles. The Hall–Kier alpha value is -3.20. The summed E-state index contributed by atoms with van der Waals surface area (Å²) in [4.78, 5) is 25.4. The lowest BCUT2D eigenvalue weighted by molar-refractivity contribution is -0.114. The van der Waals surface area contributed by atoms with Gasteiger partial charge in [-0.2, -0.15) is 9.97 Å². The van der Waals surface area contributed by atoms with Gasteiger partial charge in [-0.3, -0.25) is 4.79 Å². The van der Waals surface area contributed by atoms with Crippen LogP contribution in [-0.2, 0) is 22.7 Å². The summed E-state index contributed by atoms with van der Waals surface area (Å²) in [5.74, 6) is 0.423. The zero-order valence-electron chi connectivity index (χ0n) is 17.1. The molecule has 2 heterocycles. The number of anilines is 2. The quantitative estimate of drug-likeness (QED) is 0.435. The number of benzene rings is 3. The summed E-state index contributed by atoms with van der Waals surface area (Å²) < 4.78 is 5.67. The molecule has 0 aliphatic carbocycles. The summed E-state index contributed by atoms with van der Waals surface area (Å²) >= 11 is 8.04. The molecule has 3 N–H and O–H groups in total.